The first-order chi connectivity index (χ1) is 9.63. The van der Waals surface area contributed by atoms with Crippen LogP contribution in [0.4, 0.5) is 5.69 Å². The van der Waals surface area contributed by atoms with Gasteiger partial charge >= 0.3 is 5.97 Å². The quantitative estimate of drug-likeness (QED) is 0.859. The number of methoxy groups -OCH3 is 2. The molecule has 1 aromatic heterocycles. The van der Waals surface area contributed by atoms with Gasteiger partial charge in [0, 0.05) is 11.1 Å². The third-order valence-electron chi connectivity index (χ3n) is 2.77. The Morgan fingerprint density at radius 3 is 2.50 bits per heavy atom. The van der Waals surface area contributed by atoms with Crippen LogP contribution >= 0.6 is 11.3 Å². The van der Waals surface area contributed by atoms with Crippen LogP contribution in [0.2, 0.25) is 0 Å². The lowest BCUT2D eigenvalue weighted by Crippen LogP contribution is -2.22. The van der Waals surface area contributed by atoms with E-state index in [1.165, 1.54) is 18.4 Å². The van der Waals surface area contributed by atoms with Crippen molar-refractivity contribution in [1.29, 1.82) is 0 Å². The number of rotatable bonds is 5. The number of anilines is 1. The summed E-state index contributed by atoms with van der Waals surface area (Å²) in [6.45, 7) is 1.90. The molecule has 0 saturated carbocycles. The number of carbonyl (C=O) groups excluding carboxylic acids is 1. The number of nitrogens with one attached hydrogen (secondary N) is 1. The Hall–Kier alpha value is -2.08. The van der Waals surface area contributed by atoms with E-state index in [1.54, 1.807) is 7.11 Å². The standard InChI is InChI=1S/C14H16N2O3S/c1-9-15-12(8-20-9)13(14(17)19-3)16-10-4-6-11(18-2)7-5-10/h4-8,13,16H,1-3H3. The molecule has 2 aromatic rings. The van der Waals surface area contributed by atoms with Crippen molar-refractivity contribution >= 4 is 23.0 Å². The third-order valence-corrected chi connectivity index (χ3v) is 3.56. The van der Waals surface area contributed by atoms with Gasteiger partial charge in [-0.05, 0) is 31.2 Å². The normalized spacial score (nSPS) is 11.8. The van der Waals surface area contributed by atoms with Crippen LogP contribution in [-0.4, -0.2) is 25.2 Å². The van der Waals surface area contributed by atoms with Gasteiger partial charge in [0.15, 0.2) is 6.04 Å². The Balaban J connectivity index is 2.21. The molecule has 106 valence electrons. The van der Waals surface area contributed by atoms with E-state index in [9.17, 15) is 4.79 Å². The molecule has 0 radical (unpaired) electrons. The second kappa shape index (κ2) is 6.38. The van der Waals surface area contributed by atoms with E-state index in [1.807, 2.05) is 36.6 Å². The molecule has 6 heteroatoms. The summed E-state index contributed by atoms with van der Waals surface area (Å²) in [7, 11) is 2.97. The summed E-state index contributed by atoms with van der Waals surface area (Å²) < 4.78 is 9.93. The minimum Gasteiger partial charge on any atom is -0.497 e. The van der Waals surface area contributed by atoms with Gasteiger partial charge in [0.05, 0.1) is 24.9 Å². The summed E-state index contributed by atoms with van der Waals surface area (Å²) in [6.07, 6.45) is 0. The average molecular weight is 292 g/mol. The molecule has 1 heterocycles. The van der Waals surface area contributed by atoms with E-state index >= 15 is 0 Å². The summed E-state index contributed by atoms with van der Waals surface area (Å²) in [5.74, 6) is 0.390. The van der Waals surface area contributed by atoms with Crippen LogP contribution in [0.15, 0.2) is 29.6 Å². The van der Waals surface area contributed by atoms with Crippen molar-refractivity contribution in [3.05, 3.63) is 40.3 Å². The molecule has 0 saturated heterocycles. The van der Waals surface area contributed by atoms with Crippen LogP contribution < -0.4 is 10.1 Å². The predicted molar refractivity (Wildman–Crippen MR) is 78.2 cm³/mol. The number of hydrogen-bond acceptors (Lipinski definition) is 6. The molecule has 0 aliphatic carbocycles. The Labute approximate surface area is 121 Å². The molecule has 5 nitrogen and oxygen atoms in total. The van der Waals surface area contributed by atoms with E-state index < -0.39 is 6.04 Å². The molecule has 1 atom stereocenters. The molecule has 1 unspecified atom stereocenters. The smallest absolute Gasteiger partial charge is 0.334 e. The number of nitrogens with zero attached hydrogens (tertiary/aromatic N) is 1. The van der Waals surface area contributed by atoms with Gasteiger partial charge in [0.1, 0.15) is 5.75 Å². The van der Waals surface area contributed by atoms with Crippen molar-refractivity contribution in [1.82, 2.24) is 4.98 Å². The predicted octanol–water partition coefficient (Wildman–Crippen LogP) is 2.79. The third kappa shape index (κ3) is 3.27. The van der Waals surface area contributed by atoms with Crippen LogP contribution in [0.5, 0.6) is 5.75 Å². The molecular weight excluding hydrogens is 276 g/mol. The number of ether oxygens (including phenoxy) is 2. The van der Waals surface area contributed by atoms with Gasteiger partial charge in [0.25, 0.3) is 0 Å². The van der Waals surface area contributed by atoms with Crippen LogP contribution in [0.25, 0.3) is 0 Å². The number of aryl methyl sites for hydroxylation is 1. The minimum atomic E-state index is -0.613. The fraction of sp³-hybridized carbons (Fsp3) is 0.286. The fourth-order valence-corrected chi connectivity index (χ4v) is 2.38. The lowest BCUT2D eigenvalue weighted by Gasteiger charge is -2.16. The van der Waals surface area contributed by atoms with Crippen molar-refractivity contribution in [2.45, 2.75) is 13.0 Å². The number of benzene rings is 1. The van der Waals surface area contributed by atoms with E-state index in [0.29, 0.717) is 5.69 Å². The monoisotopic (exact) mass is 292 g/mol. The zero-order valence-corrected chi connectivity index (χ0v) is 12.4. The van der Waals surface area contributed by atoms with Crippen LogP contribution in [0.3, 0.4) is 0 Å². The molecule has 0 fully saturated rings. The van der Waals surface area contributed by atoms with Gasteiger partial charge in [0.2, 0.25) is 0 Å². The van der Waals surface area contributed by atoms with Crippen molar-refractivity contribution in [2.75, 3.05) is 19.5 Å². The maximum Gasteiger partial charge on any atom is 0.334 e. The summed E-state index contributed by atoms with van der Waals surface area (Å²) in [5, 5.41) is 5.89. The topological polar surface area (TPSA) is 60.5 Å². The summed E-state index contributed by atoms with van der Waals surface area (Å²) >= 11 is 1.50. The Morgan fingerprint density at radius 1 is 1.30 bits per heavy atom. The molecule has 20 heavy (non-hydrogen) atoms. The zero-order valence-electron chi connectivity index (χ0n) is 11.5. The lowest BCUT2D eigenvalue weighted by molar-refractivity contribution is -0.141. The highest BCUT2D eigenvalue weighted by Crippen LogP contribution is 2.24. The molecule has 0 bridgehead atoms. The SMILES string of the molecule is COC(=O)C(Nc1ccc(OC)cc1)c1csc(C)n1. The molecule has 2 rings (SSSR count). The van der Waals surface area contributed by atoms with Crippen molar-refractivity contribution in [2.24, 2.45) is 0 Å². The second-order valence-electron chi connectivity index (χ2n) is 4.12. The molecule has 0 spiro atoms. The fourth-order valence-electron chi connectivity index (χ4n) is 1.74. The maximum absolute atomic E-state index is 11.9. The molecule has 1 N–H and O–H groups in total. The highest BCUT2D eigenvalue weighted by Gasteiger charge is 2.23. The first-order valence-electron chi connectivity index (χ1n) is 6.04. The van der Waals surface area contributed by atoms with E-state index in [0.717, 1.165) is 16.4 Å². The van der Waals surface area contributed by atoms with Gasteiger partial charge in [-0.1, -0.05) is 0 Å². The maximum atomic E-state index is 11.9. The number of esters is 1. The number of carbonyl (C=O) groups is 1. The van der Waals surface area contributed by atoms with Crippen LogP contribution in [0.1, 0.15) is 16.7 Å². The second-order valence-corrected chi connectivity index (χ2v) is 5.18. The summed E-state index contributed by atoms with van der Waals surface area (Å²) in [4.78, 5) is 16.2. The Bertz CT molecular complexity index is 580. The first kappa shape index (κ1) is 14.3. The minimum absolute atomic E-state index is 0.369. The van der Waals surface area contributed by atoms with Gasteiger partial charge in [-0.2, -0.15) is 0 Å². The number of hydrogen-bond donors (Lipinski definition) is 1. The highest BCUT2D eigenvalue weighted by atomic mass is 32.1. The number of thiazole rings is 1. The Kier molecular flexibility index (Phi) is 4.57. The first-order valence-corrected chi connectivity index (χ1v) is 6.92. The largest absolute Gasteiger partial charge is 0.497 e. The zero-order chi connectivity index (χ0) is 14.5. The Morgan fingerprint density at radius 2 is 2.00 bits per heavy atom. The highest BCUT2D eigenvalue weighted by molar-refractivity contribution is 7.09. The van der Waals surface area contributed by atoms with Crippen molar-refractivity contribution in [3.8, 4) is 5.75 Å². The number of aromatic nitrogens is 1. The molecule has 1 aromatic carbocycles. The van der Waals surface area contributed by atoms with Gasteiger partial charge in [-0.25, -0.2) is 9.78 Å². The van der Waals surface area contributed by atoms with Crippen LogP contribution in [-0.2, 0) is 9.53 Å². The van der Waals surface area contributed by atoms with Crippen molar-refractivity contribution < 1.29 is 14.3 Å². The molecule has 0 aliphatic heterocycles. The lowest BCUT2D eigenvalue weighted by atomic mass is 10.2. The molecule has 0 aliphatic rings. The molecular formula is C14H16N2O3S. The van der Waals surface area contributed by atoms with Gasteiger partial charge in [-0.3, -0.25) is 0 Å². The van der Waals surface area contributed by atoms with Gasteiger partial charge in [-0.15, -0.1) is 11.3 Å². The van der Waals surface area contributed by atoms with E-state index in [4.69, 9.17) is 9.47 Å². The summed E-state index contributed by atoms with van der Waals surface area (Å²) in [5.41, 5.74) is 1.46. The molecule has 0 amide bonds. The van der Waals surface area contributed by atoms with E-state index in [-0.39, 0.29) is 5.97 Å². The summed E-state index contributed by atoms with van der Waals surface area (Å²) in [6, 6.07) is 6.71. The van der Waals surface area contributed by atoms with E-state index in [2.05, 4.69) is 10.3 Å². The average Bonchev–Trinajstić information content (AvgIpc) is 2.91. The van der Waals surface area contributed by atoms with Crippen LogP contribution in [0, 0.1) is 6.92 Å². The van der Waals surface area contributed by atoms with Crippen molar-refractivity contribution in [3.63, 3.8) is 0 Å². The van der Waals surface area contributed by atoms with Gasteiger partial charge < -0.3 is 14.8 Å².